The third-order valence-electron chi connectivity index (χ3n) is 3.65. The summed E-state index contributed by atoms with van der Waals surface area (Å²) in [6.07, 6.45) is 4.09. The van der Waals surface area contributed by atoms with Crippen LogP contribution < -0.4 is 20.2 Å². The molecule has 0 aliphatic rings. The Morgan fingerprint density at radius 2 is 1.69 bits per heavy atom. The smallest absolute Gasteiger partial charge is 0.259 e. The zero-order valence-electron chi connectivity index (χ0n) is 16.4. The molecular weight excluding hydrogens is 370 g/mol. The molecule has 0 radical (unpaired) electrons. The largest absolute Gasteiger partial charge is 0.494 e. The maximum atomic E-state index is 12.1. The maximum Gasteiger partial charge on any atom is 0.259 e. The van der Waals surface area contributed by atoms with Gasteiger partial charge in [0.05, 0.1) is 19.4 Å². The zero-order valence-corrected chi connectivity index (χ0v) is 16.4. The van der Waals surface area contributed by atoms with Gasteiger partial charge in [0.1, 0.15) is 18.1 Å². The van der Waals surface area contributed by atoms with E-state index in [0.717, 1.165) is 17.7 Å². The highest BCUT2D eigenvalue weighted by Gasteiger charge is 2.07. The molecule has 2 amide bonds. The summed E-state index contributed by atoms with van der Waals surface area (Å²) in [6.45, 7) is 6.49. The van der Waals surface area contributed by atoms with E-state index in [4.69, 9.17) is 9.47 Å². The average Bonchev–Trinajstić information content (AvgIpc) is 2.76. The minimum Gasteiger partial charge on any atom is -0.494 e. The van der Waals surface area contributed by atoms with Gasteiger partial charge in [0.15, 0.2) is 0 Å². The van der Waals surface area contributed by atoms with Crippen molar-refractivity contribution in [3.05, 3.63) is 72.3 Å². The number of nitrogens with one attached hydrogen (secondary N) is 2. The number of ether oxygens (including phenoxy) is 2. The lowest BCUT2D eigenvalue weighted by molar-refractivity contribution is -0.120. The molecule has 0 heterocycles. The lowest BCUT2D eigenvalue weighted by Crippen LogP contribution is -2.34. The fourth-order valence-electron chi connectivity index (χ4n) is 2.21. The van der Waals surface area contributed by atoms with Crippen molar-refractivity contribution in [2.45, 2.75) is 13.3 Å². The predicted octanol–water partition coefficient (Wildman–Crippen LogP) is 2.92. The van der Waals surface area contributed by atoms with Crippen molar-refractivity contribution in [1.29, 1.82) is 0 Å². The van der Waals surface area contributed by atoms with Crippen LogP contribution in [-0.2, 0) is 4.79 Å². The van der Waals surface area contributed by atoms with E-state index in [2.05, 4.69) is 22.4 Å². The highest BCUT2D eigenvalue weighted by molar-refractivity contribution is 5.96. The van der Waals surface area contributed by atoms with Gasteiger partial charge in [-0.15, -0.1) is 0 Å². The summed E-state index contributed by atoms with van der Waals surface area (Å²) in [5.41, 5.74) is 3.62. The molecule has 2 aromatic rings. The molecule has 0 aromatic heterocycles. The molecule has 7 nitrogen and oxygen atoms in total. The fourth-order valence-corrected chi connectivity index (χ4v) is 2.21. The second-order valence-corrected chi connectivity index (χ2v) is 6.02. The molecule has 2 N–H and O–H groups in total. The quantitative estimate of drug-likeness (QED) is 0.348. The Kier molecular flexibility index (Phi) is 8.95. The Balaban J connectivity index is 1.74. The van der Waals surface area contributed by atoms with Crippen LogP contribution >= 0.6 is 0 Å². The van der Waals surface area contributed by atoms with Crippen molar-refractivity contribution in [2.75, 3.05) is 19.8 Å². The standard InChI is InChI=1S/C22H25N3O4/c1-3-13-28-19-9-5-17(6-10-19)15-24-25-21(26)16-23-22(27)18-7-11-20(12-8-18)29-14-4-2/h3,5-12,15H,1,4,13-14,16H2,2H3,(H,23,27)(H,25,26)/b24-15+. The van der Waals surface area contributed by atoms with Gasteiger partial charge in [0, 0.05) is 5.56 Å². The molecule has 29 heavy (non-hydrogen) atoms. The van der Waals surface area contributed by atoms with Gasteiger partial charge in [-0.3, -0.25) is 9.59 Å². The van der Waals surface area contributed by atoms with Crippen LogP contribution in [0, 0.1) is 0 Å². The summed E-state index contributed by atoms with van der Waals surface area (Å²) in [5.74, 6) is 0.652. The van der Waals surface area contributed by atoms with Gasteiger partial charge in [-0.05, 0) is 60.5 Å². The Morgan fingerprint density at radius 3 is 2.34 bits per heavy atom. The Bertz CT molecular complexity index is 830. The molecule has 7 heteroatoms. The number of hydrogen-bond acceptors (Lipinski definition) is 5. The molecule has 0 aliphatic carbocycles. The van der Waals surface area contributed by atoms with Gasteiger partial charge in [-0.2, -0.15) is 5.10 Å². The summed E-state index contributed by atoms with van der Waals surface area (Å²) in [5, 5.41) is 6.42. The van der Waals surface area contributed by atoms with E-state index in [1.165, 1.54) is 6.21 Å². The molecule has 0 spiro atoms. The average molecular weight is 395 g/mol. The van der Waals surface area contributed by atoms with Crippen molar-refractivity contribution in [3.8, 4) is 11.5 Å². The topological polar surface area (TPSA) is 89.0 Å². The number of rotatable bonds is 11. The minimum atomic E-state index is -0.427. The van der Waals surface area contributed by atoms with Crippen LogP contribution in [0.4, 0.5) is 0 Å². The SMILES string of the molecule is C=CCOc1ccc(/C=N/NC(=O)CNC(=O)c2ccc(OCCC)cc2)cc1. The Labute approximate surface area is 170 Å². The zero-order chi connectivity index (χ0) is 20.9. The first kappa shape index (κ1) is 21.7. The van der Waals surface area contributed by atoms with Gasteiger partial charge >= 0.3 is 0 Å². The molecule has 0 bridgehead atoms. The van der Waals surface area contributed by atoms with E-state index in [1.807, 2.05) is 19.1 Å². The van der Waals surface area contributed by atoms with E-state index >= 15 is 0 Å². The van der Waals surface area contributed by atoms with Gasteiger partial charge < -0.3 is 14.8 Å². The Hall–Kier alpha value is -3.61. The molecule has 0 aliphatic heterocycles. The first-order valence-corrected chi connectivity index (χ1v) is 9.29. The van der Waals surface area contributed by atoms with Gasteiger partial charge in [0.2, 0.25) is 0 Å². The molecule has 2 aromatic carbocycles. The number of benzene rings is 2. The highest BCUT2D eigenvalue weighted by Crippen LogP contribution is 2.12. The summed E-state index contributed by atoms with van der Waals surface area (Å²) >= 11 is 0. The van der Waals surface area contributed by atoms with E-state index in [0.29, 0.717) is 24.5 Å². The van der Waals surface area contributed by atoms with E-state index in [1.54, 1.807) is 42.5 Å². The highest BCUT2D eigenvalue weighted by atomic mass is 16.5. The predicted molar refractivity (Wildman–Crippen MR) is 112 cm³/mol. The van der Waals surface area contributed by atoms with Crippen LogP contribution in [0.15, 0.2) is 66.3 Å². The number of amides is 2. The molecule has 0 saturated carbocycles. The van der Waals surface area contributed by atoms with Crippen LogP contribution in [0.5, 0.6) is 11.5 Å². The van der Waals surface area contributed by atoms with Crippen LogP contribution in [0.2, 0.25) is 0 Å². The van der Waals surface area contributed by atoms with Gasteiger partial charge in [0.25, 0.3) is 11.8 Å². The molecule has 0 unspecified atom stereocenters. The van der Waals surface area contributed by atoms with Crippen molar-refractivity contribution >= 4 is 18.0 Å². The van der Waals surface area contributed by atoms with Crippen molar-refractivity contribution in [2.24, 2.45) is 5.10 Å². The molecule has 0 fully saturated rings. The lowest BCUT2D eigenvalue weighted by atomic mass is 10.2. The summed E-state index contributed by atoms with van der Waals surface area (Å²) in [7, 11) is 0. The first-order chi connectivity index (χ1) is 14.1. The molecule has 0 saturated heterocycles. The van der Waals surface area contributed by atoms with Crippen LogP contribution in [0.1, 0.15) is 29.3 Å². The summed E-state index contributed by atoms with van der Waals surface area (Å²) < 4.78 is 10.9. The second kappa shape index (κ2) is 12.0. The van der Waals surface area contributed by atoms with Gasteiger partial charge in [-0.1, -0.05) is 19.6 Å². The number of carbonyl (C=O) groups excluding carboxylic acids is 2. The van der Waals surface area contributed by atoms with Crippen LogP contribution in [-0.4, -0.2) is 37.8 Å². The summed E-state index contributed by atoms with van der Waals surface area (Å²) in [4.78, 5) is 23.9. The van der Waals surface area contributed by atoms with Gasteiger partial charge in [-0.25, -0.2) is 5.43 Å². The van der Waals surface area contributed by atoms with E-state index in [9.17, 15) is 9.59 Å². The van der Waals surface area contributed by atoms with Crippen LogP contribution in [0.25, 0.3) is 0 Å². The number of carbonyl (C=O) groups is 2. The third kappa shape index (κ3) is 7.88. The first-order valence-electron chi connectivity index (χ1n) is 9.29. The third-order valence-corrected chi connectivity index (χ3v) is 3.65. The summed E-state index contributed by atoms with van der Waals surface area (Å²) in [6, 6.07) is 14.0. The molecule has 0 atom stereocenters. The second-order valence-electron chi connectivity index (χ2n) is 6.02. The van der Waals surface area contributed by atoms with E-state index < -0.39 is 5.91 Å². The van der Waals surface area contributed by atoms with E-state index in [-0.39, 0.29) is 12.5 Å². The van der Waals surface area contributed by atoms with Crippen molar-refractivity contribution < 1.29 is 19.1 Å². The monoisotopic (exact) mass is 395 g/mol. The number of hydrogen-bond donors (Lipinski definition) is 2. The fraction of sp³-hybridized carbons (Fsp3) is 0.227. The van der Waals surface area contributed by atoms with Crippen molar-refractivity contribution in [3.63, 3.8) is 0 Å². The lowest BCUT2D eigenvalue weighted by Gasteiger charge is -2.07. The molecule has 2 rings (SSSR count). The maximum absolute atomic E-state index is 12.1. The molecular formula is C22H25N3O4. The minimum absolute atomic E-state index is 0.182. The van der Waals surface area contributed by atoms with Crippen molar-refractivity contribution in [1.82, 2.24) is 10.7 Å². The normalized spacial score (nSPS) is 10.4. The number of nitrogens with zero attached hydrogens (tertiary/aromatic N) is 1. The molecule has 152 valence electrons. The number of hydrazone groups is 1. The Morgan fingerprint density at radius 1 is 1.03 bits per heavy atom. The van der Waals surface area contributed by atoms with Crippen LogP contribution in [0.3, 0.4) is 0 Å².